The van der Waals surface area contributed by atoms with Gasteiger partial charge in [-0.3, -0.25) is 9.36 Å². The molecule has 6 nitrogen and oxygen atoms in total. The zero-order chi connectivity index (χ0) is 21.8. The smallest absolute Gasteiger partial charge is 0.337 e. The largest absolute Gasteiger partial charge is 0.472 e. The number of halogens is 2. The van der Waals surface area contributed by atoms with Gasteiger partial charge in [-0.1, -0.05) is 18.7 Å². The second-order valence-corrected chi connectivity index (χ2v) is 6.36. The normalized spacial score (nSPS) is 10.5. The SMILES string of the molecule is C=Cc1c(OCc2ccc(F)cc2F)ncn(-c2cc(C(=O)OC)ccc2C)c1=O. The maximum absolute atomic E-state index is 13.8. The number of carbonyl (C=O) groups is 1. The number of aromatic nitrogens is 2. The summed E-state index contributed by atoms with van der Waals surface area (Å²) in [6.07, 6.45) is 2.52. The fourth-order valence-corrected chi connectivity index (χ4v) is 2.81. The minimum atomic E-state index is -0.765. The van der Waals surface area contributed by atoms with Crippen molar-refractivity contribution in [1.82, 2.24) is 9.55 Å². The van der Waals surface area contributed by atoms with Gasteiger partial charge in [0.15, 0.2) is 0 Å². The molecule has 0 saturated heterocycles. The second-order valence-electron chi connectivity index (χ2n) is 6.36. The summed E-state index contributed by atoms with van der Waals surface area (Å²) < 4.78 is 38.3. The van der Waals surface area contributed by atoms with Gasteiger partial charge in [-0.2, -0.15) is 0 Å². The fourth-order valence-electron chi connectivity index (χ4n) is 2.81. The van der Waals surface area contributed by atoms with Crippen molar-refractivity contribution < 1.29 is 23.0 Å². The average molecular weight is 412 g/mol. The van der Waals surface area contributed by atoms with Gasteiger partial charge in [-0.25, -0.2) is 18.6 Å². The Labute approximate surface area is 171 Å². The van der Waals surface area contributed by atoms with E-state index in [4.69, 9.17) is 9.47 Å². The van der Waals surface area contributed by atoms with E-state index in [1.807, 2.05) is 0 Å². The Balaban J connectivity index is 1.98. The quantitative estimate of drug-likeness (QED) is 0.576. The molecule has 0 bridgehead atoms. The molecule has 1 aromatic heterocycles. The van der Waals surface area contributed by atoms with Crippen LogP contribution in [0.1, 0.15) is 27.0 Å². The summed E-state index contributed by atoms with van der Waals surface area (Å²) in [7, 11) is 1.27. The fraction of sp³-hybridized carbons (Fsp3) is 0.136. The predicted molar refractivity (Wildman–Crippen MR) is 107 cm³/mol. The molecule has 0 spiro atoms. The molecule has 30 heavy (non-hydrogen) atoms. The average Bonchev–Trinajstić information content (AvgIpc) is 2.73. The van der Waals surface area contributed by atoms with Gasteiger partial charge in [0, 0.05) is 11.6 Å². The van der Waals surface area contributed by atoms with E-state index in [0.717, 1.165) is 17.7 Å². The van der Waals surface area contributed by atoms with Crippen molar-refractivity contribution in [3.05, 3.63) is 93.5 Å². The van der Waals surface area contributed by atoms with Crippen molar-refractivity contribution in [2.24, 2.45) is 0 Å². The second kappa shape index (κ2) is 8.69. The van der Waals surface area contributed by atoms with Gasteiger partial charge >= 0.3 is 5.97 Å². The highest BCUT2D eigenvalue weighted by molar-refractivity contribution is 5.90. The minimum absolute atomic E-state index is 0.0447. The Hall–Kier alpha value is -3.81. The maximum atomic E-state index is 13.8. The van der Waals surface area contributed by atoms with Crippen LogP contribution in [0.25, 0.3) is 11.8 Å². The lowest BCUT2D eigenvalue weighted by Crippen LogP contribution is -2.23. The Bertz CT molecular complexity index is 1190. The first-order chi connectivity index (χ1) is 14.3. The number of rotatable bonds is 6. The third-order valence-corrected chi connectivity index (χ3v) is 4.44. The molecule has 2 aromatic carbocycles. The van der Waals surface area contributed by atoms with Crippen LogP contribution in [-0.4, -0.2) is 22.6 Å². The lowest BCUT2D eigenvalue weighted by molar-refractivity contribution is 0.0600. The van der Waals surface area contributed by atoms with E-state index in [9.17, 15) is 18.4 Å². The zero-order valence-corrected chi connectivity index (χ0v) is 16.3. The summed E-state index contributed by atoms with van der Waals surface area (Å²) in [5.41, 5.74) is 1.12. The van der Waals surface area contributed by atoms with E-state index < -0.39 is 23.2 Å². The van der Waals surface area contributed by atoms with Gasteiger partial charge in [0.25, 0.3) is 5.56 Å². The number of methoxy groups -OCH3 is 1. The molecule has 0 aliphatic rings. The topological polar surface area (TPSA) is 70.4 Å². The summed E-state index contributed by atoms with van der Waals surface area (Å²) >= 11 is 0. The van der Waals surface area contributed by atoms with Crippen molar-refractivity contribution in [2.75, 3.05) is 7.11 Å². The van der Waals surface area contributed by atoms with Crippen molar-refractivity contribution in [1.29, 1.82) is 0 Å². The number of hydrogen-bond acceptors (Lipinski definition) is 5. The first-order valence-electron chi connectivity index (χ1n) is 8.86. The number of carbonyl (C=O) groups excluding carboxylic acids is 1. The molecule has 0 amide bonds. The number of hydrogen-bond donors (Lipinski definition) is 0. The molecule has 0 fully saturated rings. The van der Waals surface area contributed by atoms with Crippen LogP contribution < -0.4 is 10.3 Å². The number of benzene rings is 2. The molecule has 0 aliphatic heterocycles. The summed E-state index contributed by atoms with van der Waals surface area (Å²) in [5.74, 6) is -2.05. The molecule has 0 saturated carbocycles. The van der Waals surface area contributed by atoms with Crippen LogP contribution in [-0.2, 0) is 11.3 Å². The highest BCUT2D eigenvalue weighted by atomic mass is 19.1. The molecular formula is C22H18F2N2O4. The van der Waals surface area contributed by atoms with Gasteiger partial charge in [0.1, 0.15) is 30.1 Å². The van der Waals surface area contributed by atoms with Crippen LogP contribution in [0.3, 0.4) is 0 Å². The molecular weight excluding hydrogens is 394 g/mol. The van der Waals surface area contributed by atoms with E-state index in [2.05, 4.69) is 11.6 Å². The van der Waals surface area contributed by atoms with Crippen molar-refractivity contribution in [2.45, 2.75) is 13.5 Å². The Morgan fingerprint density at radius 3 is 2.67 bits per heavy atom. The third-order valence-electron chi connectivity index (χ3n) is 4.44. The van der Waals surface area contributed by atoms with E-state index in [-0.39, 0.29) is 29.2 Å². The van der Waals surface area contributed by atoms with Gasteiger partial charge in [0.05, 0.1) is 18.4 Å². The molecule has 0 radical (unpaired) electrons. The Morgan fingerprint density at radius 2 is 2.00 bits per heavy atom. The highest BCUT2D eigenvalue weighted by Crippen LogP contribution is 2.20. The molecule has 0 N–H and O–H groups in total. The van der Waals surface area contributed by atoms with Gasteiger partial charge in [-0.15, -0.1) is 0 Å². The van der Waals surface area contributed by atoms with Gasteiger partial charge in [0.2, 0.25) is 5.88 Å². The lowest BCUT2D eigenvalue weighted by Gasteiger charge is -2.14. The van der Waals surface area contributed by atoms with Crippen LogP contribution in [0.15, 0.2) is 54.1 Å². The van der Waals surface area contributed by atoms with Crippen molar-refractivity contribution >= 4 is 12.0 Å². The first-order valence-corrected chi connectivity index (χ1v) is 8.86. The number of esters is 1. The monoisotopic (exact) mass is 412 g/mol. The highest BCUT2D eigenvalue weighted by Gasteiger charge is 2.16. The molecule has 0 unspecified atom stereocenters. The molecule has 0 atom stereocenters. The molecule has 1 heterocycles. The number of aryl methyl sites for hydroxylation is 1. The van der Waals surface area contributed by atoms with E-state index >= 15 is 0 Å². The van der Waals surface area contributed by atoms with E-state index in [1.54, 1.807) is 19.1 Å². The maximum Gasteiger partial charge on any atom is 0.337 e. The van der Waals surface area contributed by atoms with E-state index in [0.29, 0.717) is 5.69 Å². The van der Waals surface area contributed by atoms with Crippen LogP contribution in [0.5, 0.6) is 5.88 Å². The van der Waals surface area contributed by atoms with Crippen LogP contribution in [0.2, 0.25) is 0 Å². The van der Waals surface area contributed by atoms with Crippen LogP contribution in [0, 0.1) is 18.6 Å². The third kappa shape index (κ3) is 4.12. The predicted octanol–water partition coefficient (Wildman–Crippen LogP) is 3.83. The van der Waals surface area contributed by atoms with Crippen molar-refractivity contribution in [3.63, 3.8) is 0 Å². The molecule has 3 rings (SSSR count). The summed E-state index contributed by atoms with van der Waals surface area (Å²) in [6, 6.07) is 7.90. The Morgan fingerprint density at radius 1 is 1.23 bits per heavy atom. The Kier molecular flexibility index (Phi) is 6.06. The molecule has 3 aromatic rings. The van der Waals surface area contributed by atoms with Crippen LogP contribution in [0.4, 0.5) is 8.78 Å². The lowest BCUT2D eigenvalue weighted by atomic mass is 10.1. The summed E-state index contributed by atoms with van der Waals surface area (Å²) in [5, 5.41) is 0. The molecule has 0 aliphatic carbocycles. The first kappa shape index (κ1) is 20.9. The summed E-state index contributed by atoms with van der Waals surface area (Å²) in [6.45, 7) is 5.15. The minimum Gasteiger partial charge on any atom is -0.472 e. The van der Waals surface area contributed by atoms with Crippen LogP contribution >= 0.6 is 0 Å². The number of ether oxygens (including phenoxy) is 2. The van der Waals surface area contributed by atoms with E-state index in [1.165, 1.54) is 36.2 Å². The zero-order valence-electron chi connectivity index (χ0n) is 16.3. The van der Waals surface area contributed by atoms with Gasteiger partial charge < -0.3 is 9.47 Å². The van der Waals surface area contributed by atoms with Gasteiger partial charge in [-0.05, 0) is 36.8 Å². The molecule has 8 heteroatoms. The number of nitrogens with zero attached hydrogens (tertiary/aromatic N) is 2. The molecule has 154 valence electrons. The van der Waals surface area contributed by atoms with Crippen molar-refractivity contribution in [3.8, 4) is 11.6 Å². The standard InChI is InChI=1S/C22H18F2N2O4/c1-4-17-20(30-11-15-7-8-16(23)10-18(15)24)25-12-26(21(17)27)19-9-14(22(28)29-3)6-5-13(19)2/h4-10,12H,1,11H2,2-3H3. The summed E-state index contributed by atoms with van der Waals surface area (Å²) in [4.78, 5) is 28.9.